The van der Waals surface area contributed by atoms with E-state index in [0.717, 1.165) is 13.1 Å². The molecule has 1 saturated heterocycles. The van der Waals surface area contributed by atoms with Gasteiger partial charge in [-0.25, -0.2) is 9.97 Å². The molecule has 0 aliphatic carbocycles. The molecule has 126 valence electrons. The second-order valence-corrected chi connectivity index (χ2v) is 5.49. The fraction of sp³-hybridized carbons (Fsp3) is 0.375. The van der Waals surface area contributed by atoms with Crippen LogP contribution in [0.1, 0.15) is 6.92 Å². The summed E-state index contributed by atoms with van der Waals surface area (Å²) < 4.78 is 0. The van der Waals surface area contributed by atoms with Crippen molar-refractivity contribution >= 4 is 23.0 Å². The Hall–Kier alpha value is -2.90. The maximum atomic E-state index is 11.5. The van der Waals surface area contributed by atoms with Crippen molar-refractivity contribution in [3.8, 4) is 0 Å². The van der Waals surface area contributed by atoms with E-state index in [9.17, 15) is 10.1 Å². The highest BCUT2D eigenvalue weighted by atomic mass is 16.6. The molecule has 0 spiro atoms. The summed E-state index contributed by atoms with van der Waals surface area (Å²) in [7, 11) is 0. The van der Waals surface area contributed by atoms with Crippen molar-refractivity contribution in [3.05, 3.63) is 46.8 Å². The number of piperazine rings is 1. The van der Waals surface area contributed by atoms with E-state index in [0.29, 0.717) is 25.5 Å². The Morgan fingerprint density at radius 3 is 2.42 bits per heavy atom. The van der Waals surface area contributed by atoms with Crippen LogP contribution in [0.25, 0.3) is 0 Å². The summed E-state index contributed by atoms with van der Waals surface area (Å²) >= 11 is 0. The number of rotatable bonds is 5. The van der Waals surface area contributed by atoms with Gasteiger partial charge in [0, 0.05) is 38.4 Å². The van der Waals surface area contributed by atoms with Gasteiger partial charge in [0.1, 0.15) is 6.33 Å². The molecule has 1 aromatic heterocycles. The normalized spacial score (nSPS) is 14.5. The fourth-order valence-corrected chi connectivity index (χ4v) is 2.88. The molecule has 8 nitrogen and oxygen atoms in total. The number of aromatic nitrogens is 2. The Balaban J connectivity index is 1.79. The lowest BCUT2D eigenvalue weighted by molar-refractivity contribution is -0.383. The Bertz CT molecular complexity index is 701. The number of benzene rings is 1. The molecule has 0 unspecified atom stereocenters. The predicted molar refractivity (Wildman–Crippen MR) is 93.7 cm³/mol. The van der Waals surface area contributed by atoms with Gasteiger partial charge in [0.15, 0.2) is 0 Å². The third-order valence-corrected chi connectivity index (χ3v) is 4.03. The first-order chi connectivity index (χ1) is 11.7. The standard InChI is InChI=1S/C16H20N6O2/c1-2-17-15-14(22(23)24)16(19-12-18-15)21-10-8-20(9-11-21)13-6-4-3-5-7-13/h3-7,12H,2,8-11H2,1H3,(H,17,18,19). The van der Waals surface area contributed by atoms with Crippen molar-refractivity contribution < 1.29 is 4.92 Å². The molecule has 1 aromatic carbocycles. The maximum Gasteiger partial charge on any atom is 0.353 e. The van der Waals surface area contributed by atoms with E-state index in [2.05, 4.69) is 32.3 Å². The lowest BCUT2D eigenvalue weighted by Gasteiger charge is -2.36. The fourth-order valence-electron chi connectivity index (χ4n) is 2.88. The number of para-hydroxylation sites is 1. The van der Waals surface area contributed by atoms with Gasteiger partial charge in [-0.05, 0) is 19.1 Å². The molecule has 2 aromatic rings. The van der Waals surface area contributed by atoms with Crippen molar-refractivity contribution in [1.29, 1.82) is 0 Å². The lowest BCUT2D eigenvalue weighted by Crippen LogP contribution is -2.47. The number of nitrogens with zero attached hydrogens (tertiary/aromatic N) is 5. The van der Waals surface area contributed by atoms with E-state index in [-0.39, 0.29) is 11.5 Å². The molecule has 1 aliphatic heterocycles. The van der Waals surface area contributed by atoms with Gasteiger partial charge in [0.2, 0.25) is 11.6 Å². The van der Waals surface area contributed by atoms with Crippen molar-refractivity contribution in [2.24, 2.45) is 0 Å². The summed E-state index contributed by atoms with van der Waals surface area (Å²) in [5, 5.41) is 14.4. The third kappa shape index (κ3) is 3.22. The van der Waals surface area contributed by atoms with Crippen LogP contribution < -0.4 is 15.1 Å². The van der Waals surface area contributed by atoms with Gasteiger partial charge in [-0.2, -0.15) is 0 Å². The summed E-state index contributed by atoms with van der Waals surface area (Å²) in [4.78, 5) is 23.5. The largest absolute Gasteiger partial charge is 0.368 e. The number of anilines is 3. The van der Waals surface area contributed by atoms with E-state index in [1.54, 1.807) is 0 Å². The van der Waals surface area contributed by atoms with Crippen molar-refractivity contribution in [2.45, 2.75) is 6.92 Å². The smallest absolute Gasteiger partial charge is 0.353 e. The maximum absolute atomic E-state index is 11.5. The van der Waals surface area contributed by atoms with Gasteiger partial charge in [0.05, 0.1) is 4.92 Å². The number of hydrogen-bond donors (Lipinski definition) is 1. The molecule has 1 aliphatic rings. The second kappa shape index (κ2) is 7.12. The van der Waals surface area contributed by atoms with Crippen LogP contribution in [0, 0.1) is 10.1 Å². The highest BCUT2D eigenvalue weighted by Crippen LogP contribution is 2.32. The molecular formula is C16H20N6O2. The Labute approximate surface area is 140 Å². The molecule has 1 fully saturated rings. The molecule has 0 saturated carbocycles. The number of nitrogens with one attached hydrogen (secondary N) is 1. The summed E-state index contributed by atoms with van der Waals surface area (Å²) in [6.07, 6.45) is 1.38. The first kappa shape index (κ1) is 16.0. The van der Waals surface area contributed by atoms with Gasteiger partial charge in [-0.3, -0.25) is 10.1 Å². The van der Waals surface area contributed by atoms with Gasteiger partial charge >= 0.3 is 5.69 Å². The zero-order valence-corrected chi connectivity index (χ0v) is 13.6. The van der Waals surface area contributed by atoms with Crippen LogP contribution in [-0.4, -0.2) is 47.6 Å². The van der Waals surface area contributed by atoms with Gasteiger partial charge < -0.3 is 15.1 Å². The van der Waals surface area contributed by atoms with E-state index in [1.807, 2.05) is 30.0 Å². The molecule has 24 heavy (non-hydrogen) atoms. The summed E-state index contributed by atoms with van der Waals surface area (Å²) in [5.74, 6) is 0.664. The van der Waals surface area contributed by atoms with E-state index in [4.69, 9.17) is 0 Å². The average Bonchev–Trinajstić information content (AvgIpc) is 2.62. The monoisotopic (exact) mass is 328 g/mol. The zero-order valence-electron chi connectivity index (χ0n) is 13.6. The molecule has 2 heterocycles. The van der Waals surface area contributed by atoms with Crippen molar-refractivity contribution in [1.82, 2.24) is 9.97 Å². The zero-order chi connectivity index (χ0) is 16.9. The van der Waals surface area contributed by atoms with Gasteiger partial charge in [-0.15, -0.1) is 0 Å². The van der Waals surface area contributed by atoms with Crippen LogP contribution >= 0.6 is 0 Å². The van der Waals surface area contributed by atoms with Crippen LogP contribution in [0.2, 0.25) is 0 Å². The second-order valence-electron chi connectivity index (χ2n) is 5.49. The van der Waals surface area contributed by atoms with Crippen LogP contribution in [0.15, 0.2) is 36.7 Å². The number of nitro groups is 1. The van der Waals surface area contributed by atoms with E-state index < -0.39 is 4.92 Å². The molecule has 0 atom stereocenters. The highest BCUT2D eigenvalue weighted by molar-refractivity contribution is 5.70. The lowest BCUT2D eigenvalue weighted by atomic mass is 10.2. The summed E-state index contributed by atoms with van der Waals surface area (Å²) in [6.45, 7) is 5.39. The first-order valence-electron chi connectivity index (χ1n) is 7.99. The Morgan fingerprint density at radius 1 is 1.12 bits per heavy atom. The Kier molecular flexibility index (Phi) is 4.74. The van der Waals surface area contributed by atoms with E-state index >= 15 is 0 Å². The van der Waals surface area contributed by atoms with Gasteiger partial charge in [0.25, 0.3) is 0 Å². The topological polar surface area (TPSA) is 87.4 Å². The van der Waals surface area contributed by atoms with E-state index in [1.165, 1.54) is 12.0 Å². The quantitative estimate of drug-likeness (QED) is 0.664. The molecule has 0 amide bonds. The summed E-state index contributed by atoms with van der Waals surface area (Å²) in [5.41, 5.74) is 1.12. The van der Waals surface area contributed by atoms with Crippen LogP contribution in [0.3, 0.4) is 0 Å². The van der Waals surface area contributed by atoms with Crippen molar-refractivity contribution in [3.63, 3.8) is 0 Å². The molecular weight excluding hydrogens is 308 g/mol. The minimum Gasteiger partial charge on any atom is -0.368 e. The summed E-state index contributed by atoms with van der Waals surface area (Å²) in [6, 6.07) is 10.2. The first-order valence-corrected chi connectivity index (χ1v) is 7.99. The van der Waals surface area contributed by atoms with Crippen LogP contribution in [0.4, 0.5) is 23.0 Å². The molecule has 1 N–H and O–H groups in total. The number of hydrogen-bond acceptors (Lipinski definition) is 7. The molecule has 0 bridgehead atoms. The van der Waals surface area contributed by atoms with Crippen LogP contribution in [-0.2, 0) is 0 Å². The van der Waals surface area contributed by atoms with Crippen molar-refractivity contribution in [2.75, 3.05) is 47.8 Å². The average molecular weight is 328 g/mol. The van der Waals surface area contributed by atoms with Crippen LogP contribution in [0.5, 0.6) is 0 Å². The molecule has 0 radical (unpaired) electrons. The van der Waals surface area contributed by atoms with Gasteiger partial charge in [-0.1, -0.05) is 18.2 Å². The molecule has 8 heteroatoms. The molecule has 3 rings (SSSR count). The Morgan fingerprint density at radius 2 is 1.79 bits per heavy atom. The third-order valence-electron chi connectivity index (χ3n) is 4.03. The minimum atomic E-state index is -0.406. The SMILES string of the molecule is CCNc1ncnc(N2CCN(c3ccccc3)CC2)c1[N+](=O)[O-]. The predicted octanol–water partition coefficient (Wildman–Crippen LogP) is 2.14. The highest BCUT2D eigenvalue weighted by Gasteiger charge is 2.29. The minimum absolute atomic E-state index is 0.0486.